The van der Waals surface area contributed by atoms with Gasteiger partial charge in [0.25, 0.3) is 0 Å². The number of hydrogen-bond donors (Lipinski definition) is 3. The third kappa shape index (κ3) is 3.02. The number of carbonyl (C=O) groups is 1. The highest BCUT2D eigenvalue weighted by Gasteiger charge is 2.52. The maximum absolute atomic E-state index is 11.9. The van der Waals surface area contributed by atoms with Crippen LogP contribution in [-0.4, -0.2) is 46.8 Å². The summed E-state index contributed by atoms with van der Waals surface area (Å²) in [7, 11) is 0. The second kappa shape index (κ2) is 5.63. The molecule has 1 saturated carbocycles. The molecular weight excluding hydrogens is 274 g/mol. The van der Waals surface area contributed by atoms with Gasteiger partial charge < -0.3 is 25.0 Å². The molecule has 1 saturated heterocycles. The number of hydrogen-bond acceptors (Lipinski definition) is 5. The lowest BCUT2D eigenvalue weighted by molar-refractivity contribution is -0.0734. The van der Waals surface area contributed by atoms with E-state index in [1.807, 2.05) is 30.3 Å². The van der Waals surface area contributed by atoms with E-state index in [0.29, 0.717) is 6.42 Å². The molecule has 1 aromatic carbocycles. The maximum Gasteiger partial charge on any atom is 0.407 e. The third-order valence-electron chi connectivity index (χ3n) is 4.12. The van der Waals surface area contributed by atoms with Crippen molar-refractivity contribution in [3.8, 4) is 0 Å². The molecule has 0 aromatic heterocycles. The fourth-order valence-corrected chi connectivity index (χ4v) is 3.01. The van der Waals surface area contributed by atoms with Crippen LogP contribution in [0.2, 0.25) is 0 Å². The van der Waals surface area contributed by atoms with Gasteiger partial charge in [-0.2, -0.15) is 0 Å². The summed E-state index contributed by atoms with van der Waals surface area (Å²) in [5, 5.41) is 22.4. The van der Waals surface area contributed by atoms with Gasteiger partial charge in [0.2, 0.25) is 0 Å². The number of alkyl carbamates (subject to hydrolysis) is 1. The zero-order valence-corrected chi connectivity index (χ0v) is 11.6. The second-order valence-corrected chi connectivity index (χ2v) is 5.78. The summed E-state index contributed by atoms with van der Waals surface area (Å²) < 4.78 is 10.6. The van der Waals surface area contributed by atoms with Crippen LogP contribution in [0.1, 0.15) is 18.4 Å². The van der Waals surface area contributed by atoms with Gasteiger partial charge in [-0.25, -0.2) is 4.79 Å². The van der Waals surface area contributed by atoms with Crippen molar-refractivity contribution in [2.24, 2.45) is 0 Å². The third-order valence-corrected chi connectivity index (χ3v) is 4.12. The van der Waals surface area contributed by atoms with Gasteiger partial charge in [0.15, 0.2) is 0 Å². The molecule has 3 rings (SSSR count). The lowest BCUT2D eigenvalue weighted by Crippen LogP contribution is -2.56. The van der Waals surface area contributed by atoms with Gasteiger partial charge in [0.05, 0.1) is 24.4 Å². The lowest BCUT2D eigenvalue weighted by atomic mass is 9.80. The van der Waals surface area contributed by atoms with Gasteiger partial charge in [-0.15, -0.1) is 0 Å². The molecule has 1 aliphatic carbocycles. The molecule has 1 amide bonds. The lowest BCUT2D eigenvalue weighted by Gasteiger charge is -2.36. The van der Waals surface area contributed by atoms with Gasteiger partial charge in [0, 0.05) is 12.8 Å². The standard InChI is InChI=1S/C15H19NO5/c17-11-6-15(7-12(13(11)18)21-9-15)16-14(19)20-8-10-4-2-1-3-5-10/h1-5,11-13,17-18H,6-9H2,(H,16,19)/t11-,12?,13-,15?/m1/s1. The van der Waals surface area contributed by atoms with Gasteiger partial charge in [-0.1, -0.05) is 30.3 Å². The van der Waals surface area contributed by atoms with E-state index >= 15 is 0 Å². The smallest absolute Gasteiger partial charge is 0.407 e. The molecule has 21 heavy (non-hydrogen) atoms. The molecule has 4 atom stereocenters. The highest BCUT2D eigenvalue weighted by atomic mass is 16.6. The van der Waals surface area contributed by atoms with Crippen molar-refractivity contribution >= 4 is 6.09 Å². The van der Waals surface area contributed by atoms with Crippen LogP contribution in [0.4, 0.5) is 4.79 Å². The first-order valence-corrected chi connectivity index (χ1v) is 7.05. The predicted molar refractivity (Wildman–Crippen MR) is 73.5 cm³/mol. The number of fused-ring (bicyclic) bond motifs is 2. The average molecular weight is 293 g/mol. The molecule has 1 aliphatic heterocycles. The SMILES string of the molecule is O=C(NC12COC(C1)[C@H](O)[C@H](O)C2)OCc1ccccc1. The predicted octanol–water partition coefficient (Wildman–Crippen LogP) is 0.566. The van der Waals surface area contributed by atoms with Crippen LogP contribution in [-0.2, 0) is 16.1 Å². The van der Waals surface area contributed by atoms with Crippen molar-refractivity contribution < 1.29 is 24.5 Å². The number of carbonyl (C=O) groups excluding carboxylic acids is 1. The van der Waals surface area contributed by atoms with Gasteiger partial charge >= 0.3 is 6.09 Å². The van der Waals surface area contributed by atoms with Crippen molar-refractivity contribution in [3.63, 3.8) is 0 Å². The zero-order chi connectivity index (χ0) is 14.9. The molecular formula is C15H19NO5. The van der Waals surface area contributed by atoms with E-state index in [1.165, 1.54) is 0 Å². The van der Waals surface area contributed by atoms with E-state index < -0.39 is 29.9 Å². The average Bonchev–Trinajstić information content (AvgIpc) is 2.84. The van der Waals surface area contributed by atoms with Crippen molar-refractivity contribution in [3.05, 3.63) is 35.9 Å². The molecule has 6 nitrogen and oxygen atoms in total. The number of aliphatic hydroxyl groups excluding tert-OH is 2. The van der Waals surface area contributed by atoms with Crippen LogP contribution in [0.15, 0.2) is 30.3 Å². The monoisotopic (exact) mass is 293 g/mol. The number of amides is 1. The minimum atomic E-state index is -0.888. The van der Waals surface area contributed by atoms with Crippen LogP contribution in [0.3, 0.4) is 0 Å². The number of benzene rings is 1. The summed E-state index contributed by atoms with van der Waals surface area (Å²) in [6.07, 6.45) is -1.98. The van der Waals surface area contributed by atoms with E-state index in [1.54, 1.807) is 0 Å². The van der Waals surface area contributed by atoms with Crippen molar-refractivity contribution in [2.75, 3.05) is 6.61 Å². The number of ether oxygens (including phenoxy) is 2. The van der Waals surface area contributed by atoms with Crippen LogP contribution in [0.5, 0.6) is 0 Å². The molecule has 114 valence electrons. The Balaban J connectivity index is 1.55. The Hall–Kier alpha value is -1.63. The molecule has 1 heterocycles. The van der Waals surface area contributed by atoms with E-state index in [9.17, 15) is 15.0 Å². The summed E-state index contributed by atoms with van der Waals surface area (Å²) in [5.74, 6) is 0. The van der Waals surface area contributed by atoms with Crippen LogP contribution in [0.25, 0.3) is 0 Å². The topological polar surface area (TPSA) is 88.0 Å². The van der Waals surface area contributed by atoms with Crippen LogP contribution < -0.4 is 5.32 Å². The Kier molecular flexibility index (Phi) is 3.84. The van der Waals surface area contributed by atoms with E-state index in [2.05, 4.69) is 5.32 Å². The minimum absolute atomic E-state index is 0.193. The first-order chi connectivity index (χ1) is 10.1. The highest BCUT2D eigenvalue weighted by molar-refractivity contribution is 5.68. The van der Waals surface area contributed by atoms with Crippen molar-refractivity contribution in [2.45, 2.75) is 43.3 Å². The Morgan fingerprint density at radius 1 is 1.33 bits per heavy atom. The second-order valence-electron chi connectivity index (χ2n) is 5.78. The molecule has 1 aromatic rings. The van der Waals surface area contributed by atoms with Gasteiger partial charge in [-0.05, 0) is 5.56 Å². The molecule has 2 aliphatic rings. The maximum atomic E-state index is 11.9. The minimum Gasteiger partial charge on any atom is -0.445 e. The first-order valence-electron chi connectivity index (χ1n) is 7.05. The van der Waals surface area contributed by atoms with E-state index in [-0.39, 0.29) is 19.6 Å². The normalized spacial score (nSPS) is 34.5. The largest absolute Gasteiger partial charge is 0.445 e. The summed E-state index contributed by atoms with van der Waals surface area (Å²) in [5.41, 5.74) is 0.265. The molecule has 0 spiro atoms. The molecule has 6 heteroatoms. The molecule has 2 bridgehead atoms. The van der Waals surface area contributed by atoms with E-state index in [4.69, 9.17) is 9.47 Å². The van der Waals surface area contributed by atoms with Crippen LogP contribution in [0, 0.1) is 0 Å². The molecule has 0 radical (unpaired) electrons. The van der Waals surface area contributed by atoms with Gasteiger partial charge in [0.1, 0.15) is 12.7 Å². The first kappa shape index (κ1) is 14.3. The number of aliphatic hydroxyl groups is 2. The fraction of sp³-hybridized carbons (Fsp3) is 0.533. The molecule has 2 fully saturated rings. The number of rotatable bonds is 3. The zero-order valence-electron chi connectivity index (χ0n) is 11.6. The van der Waals surface area contributed by atoms with Crippen molar-refractivity contribution in [1.82, 2.24) is 5.32 Å². The Bertz CT molecular complexity index is 508. The molecule has 2 unspecified atom stereocenters. The summed E-state index contributed by atoms with van der Waals surface area (Å²) in [6, 6.07) is 9.41. The fourth-order valence-electron chi connectivity index (χ4n) is 3.01. The highest BCUT2D eigenvalue weighted by Crippen LogP contribution is 2.37. The summed E-state index contributed by atoms with van der Waals surface area (Å²) in [6.45, 7) is 0.477. The quantitative estimate of drug-likeness (QED) is 0.758. The summed E-state index contributed by atoms with van der Waals surface area (Å²) in [4.78, 5) is 11.9. The molecule has 3 N–H and O–H groups in total. The Labute approximate surface area is 122 Å². The summed E-state index contributed by atoms with van der Waals surface area (Å²) >= 11 is 0. The number of nitrogens with one attached hydrogen (secondary N) is 1. The van der Waals surface area contributed by atoms with Gasteiger partial charge in [-0.3, -0.25) is 0 Å². The van der Waals surface area contributed by atoms with Crippen LogP contribution >= 0.6 is 0 Å². The van der Waals surface area contributed by atoms with Crippen molar-refractivity contribution in [1.29, 1.82) is 0 Å². The van der Waals surface area contributed by atoms with E-state index in [0.717, 1.165) is 5.56 Å². The Morgan fingerprint density at radius 3 is 2.86 bits per heavy atom. The Morgan fingerprint density at radius 2 is 2.10 bits per heavy atom.